The number of carbonyl (C=O) groups excluding carboxylic acids is 1. The Morgan fingerprint density at radius 3 is 1.87 bits per heavy atom. The first kappa shape index (κ1) is 19.8. The molecule has 0 radical (unpaired) electrons. The van der Waals surface area contributed by atoms with E-state index in [-0.39, 0.29) is 5.91 Å². The highest BCUT2D eigenvalue weighted by Crippen LogP contribution is 2.36. The molecule has 0 unspecified atom stereocenters. The van der Waals surface area contributed by atoms with Gasteiger partial charge in [0.2, 0.25) is 0 Å². The van der Waals surface area contributed by atoms with Crippen molar-refractivity contribution >= 4 is 17.1 Å². The first-order chi connectivity index (χ1) is 14.6. The molecule has 1 heterocycles. The zero-order valence-corrected chi connectivity index (χ0v) is 17.5. The van der Waals surface area contributed by atoms with Crippen molar-refractivity contribution in [3.63, 3.8) is 0 Å². The zero-order valence-electron chi connectivity index (χ0n) is 17.5. The lowest BCUT2D eigenvalue weighted by Crippen LogP contribution is -2.26. The van der Waals surface area contributed by atoms with E-state index in [4.69, 9.17) is 9.47 Å². The van der Waals surface area contributed by atoms with Crippen LogP contribution in [-0.2, 0) is 11.3 Å². The van der Waals surface area contributed by atoms with Crippen LogP contribution in [0.3, 0.4) is 0 Å². The van der Waals surface area contributed by atoms with Crippen LogP contribution in [0.15, 0.2) is 72.8 Å². The molecule has 0 spiro atoms. The van der Waals surface area contributed by atoms with Gasteiger partial charge in [-0.25, -0.2) is 0 Å². The van der Waals surface area contributed by atoms with Crippen molar-refractivity contribution in [3.05, 3.63) is 95.1 Å². The summed E-state index contributed by atoms with van der Waals surface area (Å²) in [5.74, 6) is 1.67. The molecule has 4 heteroatoms. The number of rotatable bonds is 6. The number of hydrogen-bond donors (Lipinski definition) is 0. The Labute approximate surface area is 177 Å². The van der Waals surface area contributed by atoms with Gasteiger partial charge < -0.3 is 14.4 Å². The van der Waals surface area contributed by atoms with E-state index in [0.29, 0.717) is 13.1 Å². The van der Waals surface area contributed by atoms with Crippen LogP contribution in [0, 0.1) is 6.92 Å². The molecule has 1 aliphatic heterocycles. The van der Waals surface area contributed by atoms with Gasteiger partial charge in [-0.1, -0.05) is 54.1 Å². The second kappa shape index (κ2) is 8.46. The maximum absolute atomic E-state index is 13.4. The second-order valence-electron chi connectivity index (χ2n) is 7.46. The van der Waals surface area contributed by atoms with Crippen molar-refractivity contribution in [2.24, 2.45) is 0 Å². The topological polar surface area (TPSA) is 38.8 Å². The fourth-order valence-corrected chi connectivity index (χ4v) is 3.75. The quantitative estimate of drug-likeness (QED) is 0.588. The first-order valence-electron chi connectivity index (χ1n) is 9.96. The number of amides is 1. The Balaban J connectivity index is 1.69. The number of methoxy groups -OCH3 is 2. The molecule has 0 N–H and O–H groups in total. The highest BCUT2D eigenvalue weighted by Gasteiger charge is 2.32. The molecule has 4 nitrogen and oxygen atoms in total. The summed E-state index contributed by atoms with van der Waals surface area (Å²) in [6.07, 6.45) is 0. The lowest BCUT2D eigenvalue weighted by molar-refractivity contribution is -0.124. The smallest absolute Gasteiger partial charge is 0.255 e. The minimum Gasteiger partial charge on any atom is -0.497 e. The third kappa shape index (κ3) is 3.94. The molecule has 1 aliphatic rings. The average molecular weight is 399 g/mol. The van der Waals surface area contributed by atoms with Crippen LogP contribution in [0.5, 0.6) is 11.5 Å². The average Bonchev–Trinajstić information content (AvgIpc) is 3.11. The van der Waals surface area contributed by atoms with Gasteiger partial charge in [0.25, 0.3) is 5.91 Å². The Hall–Kier alpha value is -3.53. The molecule has 4 rings (SSSR count). The molecule has 0 fully saturated rings. The number of aryl methyl sites for hydroxylation is 1. The van der Waals surface area contributed by atoms with Gasteiger partial charge >= 0.3 is 0 Å². The summed E-state index contributed by atoms with van der Waals surface area (Å²) in [5.41, 5.74) is 6.05. The van der Waals surface area contributed by atoms with E-state index in [1.54, 1.807) is 14.2 Å². The third-order valence-corrected chi connectivity index (χ3v) is 5.46. The molecule has 0 aromatic heterocycles. The fourth-order valence-electron chi connectivity index (χ4n) is 3.75. The summed E-state index contributed by atoms with van der Waals surface area (Å²) < 4.78 is 10.5. The van der Waals surface area contributed by atoms with Gasteiger partial charge in [-0.15, -0.1) is 0 Å². The molecule has 0 saturated carbocycles. The number of nitrogens with zero attached hydrogens (tertiary/aromatic N) is 1. The van der Waals surface area contributed by atoms with Crippen LogP contribution in [0.2, 0.25) is 0 Å². The summed E-state index contributed by atoms with van der Waals surface area (Å²) in [6, 6.07) is 23.9. The highest BCUT2D eigenvalue weighted by molar-refractivity contribution is 6.30. The zero-order chi connectivity index (χ0) is 21.1. The second-order valence-corrected chi connectivity index (χ2v) is 7.46. The van der Waals surface area contributed by atoms with E-state index in [2.05, 4.69) is 6.92 Å². The van der Waals surface area contributed by atoms with E-state index in [1.165, 1.54) is 5.56 Å². The van der Waals surface area contributed by atoms with Gasteiger partial charge in [0.05, 0.1) is 19.8 Å². The van der Waals surface area contributed by atoms with E-state index in [1.807, 2.05) is 77.7 Å². The van der Waals surface area contributed by atoms with Crippen LogP contribution in [0.4, 0.5) is 0 Å². The van der Waals surface area contributed by atoms with E-state index < -0.39 is 0 Å². The highest BCUT2D eigenvalue weighted by atomic mass is 16.5. The standard InChI is InChI=1S/C26H25NO3/c1-18-4-8-21(9-5-18)25-24(20-10-14-23(30-3)15-11-20)17-27(26(25)28)16-19-6-12-22(29-2)13-7-19/h4-15H,16-17H2,1-3H3. The summed E-state index contributed by atoms with van der Waals surface area (Å²) in [7, 11) is 3.31. The molecule has 152 valence electrons. The minimum atomic E-state index is 0.0560. The number of ether oxygens (including phenoxy) is 2. The van der Waals surface area contributed by atoms with Crippen LogP contribution in [0.25, 0.3) is 11.1 Å². The van der Waals surface area contributed by atoms with Gasteiger partial charge in [-0.05, 0) is 53.5 Å². The molecular weight excluding hydrogens is 374 g/mol. The molecule has 0 atom stereocenters. The van der Waals surface area contributed by atoms with Gasteiger partial charge in [0.1, 0.15) is 11.5 Å². The Kier molecular flexibility index (Phi) is 5.57. The van der Waals surface area contributed by atoms with E-state index in [9.17, 15) is 4.79 Å². The lowest BCUT2D eigenvalue weighted by Gasteiger charge is -2.17. The fraction of sp³-hybridized carbons (Fsp3) is 0.192. The van der Waals surface area contributed by atoms with Crippen molar-refractivity contribution in [1.29, 1.82) is 0 Å². The molecule has 3 aromatic carbocycles. The van der Waals surface area contributed by atoms with Crippen molar-refractivity contribution in [1.82, 2.24) is 4.90 Å². The van der Waals surface area contributed by atoms with Crippen molar-refractivity contribution in [2.45, 2.75) is 13.5 Å². The Morgan fingerprint density at radius 1 is 0.767 bits per heavy atom. The number of carbonyl (C=O) groups is 1. The molecule has 3 aromatic rings. The Bertz CT molecular complexity index is 1060. The van der Waals surface area contributed by atoms with Crippen LogP contribution in [0.1, 0.15) is 22.3 Å². The summed E-state index contributed by atoms with van der Waals surface area (Å²) >= 11 is 0. The number of benzene rings is 3. The SMILES string of the molecule is COc1ccc(CN2CC(c3ccc(OC)cc3)=C(c3ccc(C)cc3)C2=O)cc1. The maximum atomic E-state index is 13.4. The summed E-state index contributed by atoms with van der Waals surface area (Å²) in [4.78, 5) is 15.3. The van der Waals surface area contributed by atoms with Crippen LogP contribution in [-0.4, -0.2) is 31.6 Å². The minimum absolute atomic E-state index is 0.0560. The molecule has 0 saturated heterocycles. The molecule has 1 amide bonds. The van der Waals surface area contributed by atoms with Crippen molar-refractivity contribution in [2.75, 3.05) is 20.8 Å². The normalized spacial score (nSPS) is 13.7. The van der Waals surface area contributed by atoms with Gasteiger partial charge in [0, 0.05) is 13.1 Å². The molecule has 30 heavy (non-hydrogen) atoms. The third-order valence-electron chi connectivity index (χ3n) is 5.46. The van der Waals surface area contributed by atoms with E-state index >= 15 is 0 Å². The predicted octanol–water partition coefficient (Wildman–Crippen LogP) is 4.97. The van der Waals surface area contributed by atoms with Crippen LogP contribution >= 0.6 is 0 Å². The monoisotopic (exact) mass is 399 g/mol. The number of hydrogen-bond acceptors (Lipinski definition) is 3. The van der Waals surface area contributed by atoms with E-state index in [0.717, 1.165) is 39.3 Å². The van der Waals surface area contributed by atoms with Gasteiger partial charge in [-0.3, -0.25) is 4.79 Å². The van der Waals surface area contributed by atoms with Crippen LogP contribution < -0.4 is 9.47 Å². The lowest BCUT2D eigenvalue weighted by atomic mass is 9.96. The molecule has 0 bridgehead atoms. The maximum Gasteiger partial charge on any atom is 0.255 e. The first-order valence-corrected chi connectivity index (χ1v) is 9.96. The summed E-state index contributed by atoms with van der Waals surface area (Å²) in [5, 5.41) is 0. The molecule has 0 aliphatic carbocycles. The van der Waals surface area contributed by atoms with Gasteiger partial charge in [-0.2, -0.15) is 0 Å². The largest absolute Gasteiger partial charge is 0.497 e. The summed E-state index contributed by atoms with van der Waals surface area (Å²) in [6.45, 7) is 3.17. The van der Waals surface area contributed by atoms with Gasteiger partial charge in [0.15, 0.2) is 0 Å². The molecular formula is C26H25NO3. The Morgan fingerprint density at radius 2 is 1.30 bits per heavy atom. The predicted molar refractivity (Wildman–Crippen MR) is 119 cm³/mol. The van der Waals surface area contributed by atoms with Crippen molar-refractivity contribution in [3.8, 4) is 11.5 Å². The van der Waals surface area contributed by atoms with Crippen molar-refractivity contribution < 1.29 is 14.3 Å².